The Morgan fingerprint density at radius 3 is 3.00 bits per heavy atom. The molecular formula is C17H19N3OS. The molecule has 0 spiro atoms. The van der Waals surface area contributed by atoms with Crippen LogP contribution in [-0.4, -0.2) is 22.0 Å². The Labute approximate surface area is 133 Å². The Hall–Kier alpha value is -2.14. The van der Waals surface area contributed by atoms with E-state index in [-0.39, 0.29) is 5.91 Å². The standard InChI is InChI=1S/C17H19N3OS/c21-17(9-3-5-14-6-4-12-22-14)18-10-11-20-13-19-15-7-1-2-8-16(15)20/h1-2,4,6-8,12-13H,3,5,9-11H2,(H,18,21). The van der Waals surface area contributed by atoms with Crippen LogP contribution in [0, 0.1) is 0 Å². The smallest absolute Gasteiger partial charge is 0.220 e. The van der Waals surface area contributed by atoms with E-state index < -0.39 is 0 Å². The van der Waals surface area contributed by atoms with Crippen LogP contribution in [0.25, 0.3) is 11.0 Å². The molecule has 0 aliphatic rings. The summed E-state index contributed by atoms with van der Waals surface area (Å²) in [6, 6.07) is 12.2. The van der Waals surface area contributed by atoms with Crippen molar-refractivity contribution in [1.29, 1.82) is 0 Å². The largest absolute Gasteiger partial charge is 0.354 e. The molecule has 2 aromatic heterocycles. The highest BCUT2D eigenvalue weighted by molar-refractivity contribution is 7.09. The number of nitrogens with zero attached hydrogens (tertiary/aromatic N) is 2. The first-order chi connectivity index (χ1) is 10.8. The minimum atomic E-state index is 0.126. The highest BCUT2D eigenvalue weighted by Gasteiger charge is 2.04. The van der Waals surface area contributed by atoms with Crippen LogP contribution in [0.1, 0.15) is 17.7 Å². The van der Waals surface area contributed by atoms with Crippen LogP contribution in [0.4, 0.5) is 0 Å². The number of hydrogen-bond donors (Lipinski definition) is 1. The van der Waals surface area contributed by atoms with Crippen molar-refractivity contribution in [3.8, 4) is 0 Å². The number of benzene rings is 1. The number of aromatic nitrogens is 2. The van der Waals surface area contributed by atoms with Crippen molar-refractivity contribution in [3.05, 3.63) is 53.0 Å². The number of thiophene rings is 1. The minimum Gasteiger partial charge on any atom is -0.354 e. The lowest BCUT2D eigenvalue weighted by Gasteiger charge is -2.06. The van der Waals surface area contributed by atoms with E-state index in [0.717, 1.165) is 30.4 Å². The molecule has 114 valence electrons. The van der Waals surface area contributed by atoms with Crippen molar-refractivity contribution < 1.29 is 4.79 Å². The van der Waals surface area contributed by atoms with Gasteiger partial charge in [-0.15, -0.1) is 11.3 Å². The molecule has 2 heterocycles. The molecule has 0 aliphatic carbocycles. The van der Waals surface area contributed by atoms with Crippen molar-refractivity contribution in [2.24, 2.45) is 0 Å². The minimum absolute atomic E-state index is 0.126. The number of carbonyl (C=O) groups excluding carboxylic acids is 1. The third-order valence-electron chi connectivity index (χ3n) is 3.61. The Morgan fingerprint density at radius 2 is 2.14 bits per heavy atom. The Kier molecular flexibility index (Phi) is 4.85. The lowest BCUT2D eigenvalue weighted by molar-refractivity contribution is -0.121. The fourth-order valence-electron chi connectivity index (χ4n) is 2.47. The summed E-state index contributed by atoms with van der Waals surface area (Å²) in [5.41, 5.74) is 2.10. The van der Waals surface area contributed by atoms with Crippen LogP contribution in [0.3, 0.4) is 0 Å². The molecule has 0 bridgehead atoms. The maximum atomic E-state index is 11.8. The average Bonchev–Trinajstić information content (AvgIpc) is 3.17. The zero-order valence-corrected chi connectivity index (χ0v) is 13.2. The van der Waals surface area contributed by atoms with Crippen LogP contribution in [0.2, 0.25) is 0 Å². The number of carbonyl (C=O) groups is 1. The predicted octanol–water partition coefficient (Wildman–Crippen LogP) is 3.24. The maximum absolute atomic E-state index is 11.8. The number of hydrogen-bond acceptors (Lipinski definition) is 3. The summed E-state index contributed by atoms with van der Waals surface area (Å²) >= 11 is 1.75. The van der Waals surface area contributed by atoms with Gasteiger partial charge in [-0.3, -0.25) is 4.79 Å². The summed E-state index contributed by atoms with van der Waals surface area (Å²) in [6.45, 7) is 1.38. The average molecular weight is 313 g/mol. The van der Waals surface area contributed by atoms with Gasteiger partial charge in [0.2, 0.25) is 5.91 Å². The van der Waals surface area contributed by atoms with E-state index in [4.69, 9.17) is 0 Å². The first-order valence-electron chi connectivity index (χ1n) is 7.52. The number of nitrogens with one attached hydrogen (secondary N) is 1. The van der Waals surface area contributed by atoms with Gasteiger partial charge >= 0.3 is 0 Å². The number of para-hydroxylation sites is 2. The summed E-state index contributed by atoms with van der Waals surface area (Å²) in [7, 11) is 0. The lowest BCUT2D eigenvalue weighted by Crippen LogP contribution is -2.26. The van der Waals surface area contributed by atoms with Crippen LogP contribution in [0.15, 0.2) is 48.1 Å². The molecule has 0 fully saturated rings. The van der Waals surface area contributed by atoms with Gasteiger partial charge in [-0.05, 0) is 36.4 Å². The number of fused-ring (bicyclic) bond motifs is 1. The van der Waals surface area contributed by atoms with E-state index in [1.165, 1.54) is 4.88 Å². The van der Waals surface area contributed by atoms with E-state index in [1.807, 2.05) is 30.6 Å². The van der Waals surface area contributed by atoms with Gasteiger partial charge in [0.15, 0.2) is 0 Å². The van der Waals surface area contributed by atoms with Crippen molar-refractivity contribution in [3.63, 3.8) is 0 Å². The van der Waals surface area contributed by atoms with Gasteiger partial charge < -0.3 is 9.88 Å². The second kappa shape index (κ2) is 7.22. The topological polar surface area (TPSA) is 46.9 Å². The van der Waals surface area contributed by atoms with E-state index in [1.54, 1.807) is 11.3 Å². The van der Waals surface area contributed by atoms with Crippen molar-refractivity contribution in [2.45, 2.75) is 25.8 Å². The molecule has 1 N–H and O–H groups in total. The van der Waals surface area contributed by atoms with Gasteiger partial charge in [-0.1, -0.05) is 18.2 Å². The second-order valence-electron chi connectivity index (χ2n) is 5.21. The molecule has 0 aliphatic heterocycles. The Morgan fingerprint density at radius 1 is 1.23 bits per heavy atom. The highest BCUT2D eigenvalue weighted by atomic mass is 32.1. The van der Waals surface area contributed by atoms with Gasteiger partial charge in [-0.2, -0.15) is 0 Å². The van der Waals surface area contributed by atoms with Gasteiger partial charge in [0.05, 0.1) is 17.4 Å². The van der Waals surface area contributed by atoms with Gasteiger partial charge in [0, 0.05) is 24.4 Å². The molecule has 3 aromatic rings. The molecule has 0 atom stereocenters. The molecule has 5 heteroatoms. The SMILES string of the molecule is O=C(CCCc1cccs1)NCCn1cnc2ccccc21. The molecule has 3 rings (SSSR count). The van der Waals surface area contributed by atoms with Crippen molar-refractivity contribution >= 4 is 28.3 Å². The van der Waals surface area contributed by atoms with E-state index in [9.17, 15) is 4.79 Å². The maximum Gasteiger partial charge on any atom is 0.220 e. The molecule has 0 radical (unpaired) electrons. The molecule has 22 heavy (non-hydrogen) atoms. The first-order valence-corrected chi connectivity index (χ1v) is 8.40. The normalized spacial score (nSPS) is 10.9. The number of amides is 1. The molecule has 0 saturated carbocycles. The van der Waals surface area contributed by atoms with E-state index >= 15 is 0 Å². The Bertz CT molecular complexity index is 733. The van der Waals surface area contributed by atoms with Crippen molar-refractivity contribution in [1.82, 2.24) is 14.9 Å². The molecular weight excluding hydrogens is 294 g/mol. The number of imidazole rings is 1. The van der Waals surface area contributed by atoms with Crippen LogP contribution < -0.4 is 5.32 Å². The fraction of sp³-hybridized carbons (Fsp3) is 0.294. The van der Waals surface area contributed by atoms with Gasteiger partial charge in [0.1, 0.15) is 0 Å². The zero-order valence-electron chi connectivity index (χ0n) is 12.4. The molecule has 0 saturated heterocycles. The van der Waals surface area contributed by atoms with Gasteiger partial charge in [-0.25, -0.2) is 4.98 Å². The van der Waals surface area contributed by atoms with E-state index in [2.05, 4.69) is 32.4 Å². The molecule has 1 amide bonds. The summed E-state index contributed by atoms with van der Waals surface area (Å²) in [6.07, 6.45) is 4.30. The lowest BCUT2D eigenvalue weighted by atomic mass is 10.2. The summed E-state index contributed by atoms with van der Waals surface area (Å²) < 4.78 is 2.07. The summed E-state index contributed by atoms with van der Waals surface area (Å²) in [4.78, 5) is 17.5. The van der Waals surface area contributed by atoms with Crippen LogP contribution in [0.5, 0.6) is 0 Å². The molecule has 1 aromatic carbocycles. The third-order valence-corrected chi connectivity index (χ3v) is 4.55. The van der Waals surface area contributed by atoms with Crippen molar-refractivity contribution in [2.75, 3.05) is 6.54 Å². The monoisotopic (exact) mass is 313 g/mol. The third kappa shape index (κ3) is 3.74. The van der Waals surface area contributed by atoms with Crippen LogP contribution >= 0.6 is 11.3 Å². The summed E-state index contributed by atoms with van der Waals surface area (Å²) in [5.74, 6) is 0.126. The number of aryl methyl sites for hydroxylation is 1. The number of rotatable bonds is 7. The predicted molar refractivity (Wildman–Crippen MR) is 90.0 cm³/mol. The van der Waals surface area contributed by atoms with Gasteiger partial charge in [0.25, 0.3) is 0 Å². The summed E-state index contributed by atoms with van der Waals surface area (Å²) in [5, 5.41) is 5.06. The molecule has 0 unspecified atom stereocenters. The first kappa shape index (κ1) is 14.8. The fourth-order valence-corrected chi connectivity index (χ4v) is 3.22. The molecule has 4 nitrogen and oxygen atoms in total. The quantitative estimate of drug-likeness (QED) is 0.728. The van der Waals surface area contributed by atoms with E-state index in [0.29, 0.717) is 13.0 Å². The zero-order chi connectivity index (χ0) is 15.2. The van der Waals surface area contributed by atoms with Crippen LogP contribution in [-0.2, 0) is 17.8 Å². The highest BCUT2D eigenvalue weighted by Crippen LogP contribution is 2.12. The Balaban J connectivity index is 1.40. The second-order valence-corrected chi connectivity index (χ2v) is 6.24.